The van der Waals surface area contributed by atoms with Crippen LogP contribution < -0.4 is 0 Å². The molecular weight excluding hydrogens is 753 g/mol. The number of carboxylic acids is 1. The Balaban J connectivity index is 2.36. The van der Waals surface area contributed by atoms with Crippen molar-refractivity contribution in [3.8, 4) is 0 Å². The molecule has 0 radical (unpaired) electrons. The van der Waals surface area contributed by atoms with E-state index in [9.17, 15) is 34.8 Å². The molecule has 0 spiro atoms. The molecule has 1 heterocycles. The molecule has 0 aliphatic carbocycles. The van der Waals surface area contributed by atoms with Gasteiger partial charge in [-0.05, 0) is 70.6 Å². The summed E-state index contributed by atoms with van der Waals surface area (Å²) in [6.07, 6.45) is 34.7. The van der Waals surface area contributed by atoms with Gasteiger partial charge in [0.2, 0.25) is 0 Å². The predicted octanol–water partition coefficient (Wildman–Crippen LogP) is 10.4. The molecule has 59 heavy (non-hydrogen) atoms. The molecule has 0 saturated carbocycles. The Morgan fingerprint density at radius 2 is 0.949 bits per heavy atom. The van der Waals surface area contributed by atoms with E-state index in [1.165, 1.54) is 89.9 Å². The number of carboxylic acid groups (broad SMARTS) is 1. The van der Waals surface area contributed by atoms with Crippen molar-refractivity contribution in [3.05, 3.63) is 36.5 Å². The second kappa shape index (κ2) is 38.4. The number of esters is 2. The first kappa shape index (κ1) is 54.4. The number of carbonyl (C=O) groups is 3. The molecule has 11 nitrogen and oxygen atoms in total. The summed E-state index contributed by atoms with van der Waals surface area (Å²) >= 11 is 0. The predicted molar refractivity (Wildman–Crippen MR) is 234 cm³/mol. The summed E-state index contributed by atoms with van der Waals surface area (Å²) in [6, 6.07) is 0. The number of aliphatic hydroxyl groups excluding tert-OH is 3. The zero-order valence-corrected chi connectivity index (χ0v) is 37.0. The normalized spacial score (nSPS) is 20.2. The van der Waals surface area contributed by atoms with E-state index in [1.54, 1.807) is 0 Å². The van der Waals surface area contributed by atoms with Crippen molar-refractivity contribution in [2.45, 2.75) is 237 Å². The fraction of sp³-hybridized carbons (Fsp3) is 0.812. The van der Waals surface area contributed by atoms with E-state index in [-0.39, 0.29) is 19.4 Å². The Kier molecular flexibility index (Phi) is 35.4. The average molecular weight is 837 g/mol. The summed E-state index contributed by atoms with van der Waals surface area (Å²) in [5.74, 6) is -2.46. The highest BCUT2D eigenvalue weighted by molar-refractivity contribution is 5.73. The number of carbonyl (C=O) groups excluding carboxylic acids is 2. The van der Waals surface area contributed by atoms with Gasteiger partial charge >= 0.3 is 17.9 Å². The van der Waals surface area contributed by atoms with Crippen LogP contribution >= 0.6 is 0 Å². The standard InChI is InChI=1S/C48H84O11/c1-3-5-7-9-11-13-15-17-19-20-21-23-25-27-29-31-33-35-37-42(50)58-40(39-57-48-45(53)43(51)44(52)46(59-48)47(54)55)38-56-41(49)36-34-32-30-28-26-24-22-18-16-14-12-10-8-6-4-2/h12,14,18-20,22,40,43-46,48,51-53H,3-11,13,15-17,21,23-39H2,1-2H3,(H,54,55)/b14-12-,20-19-,22-18-. The van der Waals surface area contributed by atoms with Gasteiger partial charge in [0.05, 0.1) is 6.61 Å². The van der Waals surface area contributed by atoms with Crippen LogP contribution in [0.15, 0.2) is 36.5 Å². The van der Waals surface area contributed by atoms with Gasteiger partial charge in [-0.3, -0.25) is 9.59 Å². The van der Waals surface area contributed by atoms with E-state index in [4.69, 9.17) is 18.9 Å². The highest BCUT2D eigenvalue weighted by Gasteiger charge is 2.47. The molecule has 6 unspecified atom stereocenters. The lowest BCUT2D eigenvalue weighted by Gasteiger charge is -2.38. The highest BCUT2D eigenvalue weighted by atomic mass is 16.7. The molecule has 6 atom stereocenters. The van der Waals surface area contributed by atoms with Crippen LogP contribution in [-0.2, 0) is 33.3 Å². The van der Waals surface area contributed by atoms with E-state index in [2.05, 4.69) is 50.3 Å². The smallest absolute Gasteiger partial charge is 0.335 e. The third kappa shape index (κ3) is 30.2. The molecule has 1 fully saturated rings. The first-order chi connectivity index (χ1) is 28.7. The number of hydrogen-bond donors (Lipinski definition) is 4. The van der Waals surface area contributed by atoms with Gasteiger partial charge in [0.15, 0.2) is 18.5 Å². The molecule has 1 aliphatic rings. The summed E-state index contributed by atoms with van der Waals surface area (Å²) in [5, 5.41) is 39.8. The fourth-order valence-corrected chi connectivity index (χ4v) is 6.96. The second-order valence-corrected chi connectivity index (χ2v) is 16.2. The highest BCUT2D eigenvalue weighted by Crippen LogP contribution is 2.23. The molecule has 0 amide bonds. The van der Waals surface area contributed by atoms with Crippen molar-refractivity contribution in [2.75, 3.05) is 13.2 Å². The quantitative estimate of drug-likeness (QED) is 0.0264. The molecule has 0 bridgehead atoms. The van der Waals surface area contributed by atoms with Gasteiger partial charge in [0, 0.05) is 12.8 Å². The van der Waals surface area contributed by atoms with E-state index in [1.807, 2.05) is 0 Å². The Morgan fingerprint density at radius 1 is 0.525 bits per heavy atom. The number of unbranched alkanes of at least 4 members (excludes halogenated alkanes) is 22. The molecule has 0 aromatic rings. The average Bonchev–Trinajstić information content (AvgIpc) is 3.22. The van der Waals surface area contributed by atoms with Gasteiger partial charge in [-0.1, -0.05) is 153 Å². The minimum absolute atomic E-state index is 0.175. The van der Waals surface area contributed by atoms with E-state index in [0.29, 0.717) is 12.8 Å². The summed E-state index contributed by atoms with van der Waals surface area (Å²) in [6.45, 7) is 3.78. The topological polar surface area (TPSA) is 169 Å². The second-order valence-electron chi connectivity index (χ2n) is 16.2. The Morgan fingerprint density at radius 3 is 1.46 bits per heavy atom. The van der Waals surface area contributed by atoms with Crippen LogP contribution in [0.2, 0.25) is 0 Å². The zero-order chi connectivity index (χ0) is 43.2. The van der Waals surface area contributed by atoms with Crippen molar-refractivity contribution in [3.63, 3.8) is 0 Å². The summed E-state index contributed by atoms with van der Waals surface area (Å²) < 4.78 is 21.7. The number of allylic oxidation sites excluding steroid dienone is 6. The van der Waals surface area contributed by atoms with Crippen molar-refractivity contribution in [1.82, 2.24) is 0 Å². The summed E-state index contributed by atoms with van der Waals surface area (Å²) in [4.78, 5) is 36.9. The molecular formula is C48H84O11. The Hall–Kier alpha value is -2.57. The van der Waals surface area contributed by atoms with E-state index >= 15 is 0 Å². The molecule has 0 aromatic heterocycles. The number of aliphatic hydroxyl groups is 3. The van der Waals surface area contributed by atoms with Crippen LogP contribution in [0.1, 0.15) is 200 Å². The van der Waals surface area contributed by atoms with Crippen molar-refractivity contribution < 1.29 is 53.8 Å². The van der Waals surface area contributed by atoms with Crippen LogP contribution in [0.4, 0.5) is 0 Å². The molecule has 342 valence electrons. The first-order valence-electron chi connectivity index (χ1n) is 23.5. The monoisotopic (exact) mass is 837 g/mol. The summed E-state index contributed by atoms with van der Waals surface area (Å²) in [5.41, 5.74) is 0. The van der Waals surface area contributed by atoms with Gasteiger partial charge in [-0.25, -0.2) is 4.79 Å². The largest absolute Gasteiger partial charge is 0.479 e. The van der Waals surface area contributed by atoms with Gasteiger partial charge in [0.1, 0.15) is 24.9 Å². The molecule has 4 N–H and O–H groups in total. The van der Waals surface area contributed by atoms with E-state index in [0.717, 1.165) is 70.6 Å². The van der Waals surface area contributed by atoms with E-state index < -0.39 is 61.3 Å². The molecule has 1 aliphatic heterocycles. The van der Waals surface area contributed by atoms with Crippen LogP contribution in [0.25, 0.3) is 0 Å². The molecule has 1 rings (SSSR count). The third-order valence-corrected chi connectivity index (χ3v) is 10.7. The minimum Gasteiger partial charge on any atom is -0.479 e. The zero-order valence-electron chi connectivity index (χ0n) is 37.0. The number of hydrogen-bond acceptors (Lipinski definition) is 10. The first-order valence-corrected chi connectivity index (χ1v) is 23.5. The Bertz CT molecular complexity index is 1120. The lowest BCUT2D eigenvalue weighted by atomic mass is 9.99. The minimum atomic E-state index is -1.86. The van der Waals surface area contributed by atoms with Crippen LogP contribution in [0, 0.1) is 0 Å². The van der Waals surface area contributed by atoms with Gasteiger partial charge in [0.25, 0.3) is 0 Å². The molecule has 11 heteroatoms. The van der Waals surface area contributed by atoms with Gasteiger partial charge in [-0.2, -0.15) is 0 Å². The number of ether oxygens (including phenoxy) is 4. The lowest BCUT2D eigenvalue weighted by molar-refractivity contribution is -0.298. The fourth-order valence-electron chi connectivity index (χ4n) is 6.96. The number of aliphatic carboxylic acids is 1. The van der Waals surface area contributed by atoms with Crippen LogP contribution in [0.5, 0.6) is 0 Å². The third-order valence-electron chi connectivity index (χ3n) is 10.7. The maximum atomic E-state index is 12.8. The van der Waals surface area contributed by atoms with Crippen LogP contribution in [-0.4, -0.2) is 88.4 Å². The number of rotatable bonds is 39. The maximum absolute atomic E-state index is 12.8. The maximum Gasteiger partial charge on any atom is 0.335 e. The SMILES string of the molecule is CCCCC/C=C\C/C=C\CCCCCCCC(=O)OCC(COC1OC(C(=O)O)C(O)C(O)C1O)OC(=O)CCCCCCCCC/C=C\CCCCCCCCC. The van der Waals surface area contributed by atoms with Gasteiger partial charge < -0.3 is 39.4 Å². The Labute approximate surface area is 357 Å². The van der Waals surface area contributed by atoms with Gasteiger partial charge in [-0.15, -0.1) is 0 Å². The molecule has 0 aromatic carbocycles. The van der Waals surface area contributed by atoms with Crippen molar-refractivity contribution in [1.29, 1.82) is 0 Å². The van der Waals surface area contributed by atoms with Crippen molar-refractivity contribution in [2.24, 2.45) is 0 Å². The molecule has 1 saturated heterocycles. The summed E-state index contributed by atoms with van der Waals surface area (Å²) in [7, 11) is 0. The van der Waals surface area contributed by atoms with Crippen LogP contribution in [0.3, 0.4) is 0 Å². The van der Waals surface area contributed by atoms with Crippen molar-refractivity contribution >= 4 is 17.9 Å². The lowest BCUT2D eigenvalue weighted by Crippen LogP contribution is -2.60.